The third kappa shape index (κ3) is 18.6. The van der Waals surface area contributed by atoms with E-state index in [0.29, 0.717) is 109 Å². The lowest BCUT2D eigenvalue weighted by atomic mass is 9.74. The Balaban J connectivity index is 1.27. The van der Waals surface area contributed by atoms with Gasteiger partial charge in [-0.1, -0.05) is 29.8 Å². The molecule has 0 saturated heterocycles. The van der Waals surface area contributed by atoms with Gasteiger partial charge in [-0.05, 0) is 129 Å². The van der Waals surface area contributed by atoms with Gasteiger partial charge in [-0.15, -0.1) is 4.73 Å². The van der Waals surface area contributed by atoms with Gasteiger partial charge in [0.05, 0.1) is 87.0 Å². The van der Waals surface area contributed by atoms with E-state index in [9.17, 15) is 79.9 Å². The number of nitrogens with zero attached hydrogens (tertiary/aromatic N) is 3. The molecule has 2 unspecified atom stereocenters. The highest BCUT2D eigenvalue weighted by atomic mass is 35.5. The first-order chi connectivity index (χ1) is 46.1. The van der Waals surface area contributed by atoms with E-state index in [2.05, 4.69) is 0 Å². The fourth-order valence-electron chi connectivity index (χ4n) is 12.5. The summed E-state index contributed by atoms with van der Waals surface area (Å²) in [5, 5.41) is 20.4. The number of rotatable bonds is 37. The predicted molar refractivity (Wildman–Crippen MR) is 358 cm³/mol. The standard InChI is InChI=1S/C63H78ClN3O26S5/c1-62(21-7-37-94(71,72)73)54(66(24-26-89-32-34-90-29-27-86-3)51-16-14-46-48(59(51)62)38-44(95(74,75)76)40-52(46)97(80,81)82)17-11-42-8-5-9-43(61(42)64)12-18-55-63(2,22-25-88-31-33-92-36-35-91-30-28-87-4)60-49-39-45(96(77,78)79)41-53(98(83,84)85)47(49)13-15-50(60)65(55)23-6-10-58(70)93-67-56(68)19-20-57(67)69/h11-20,38-41H,5-10,21-37H2,1-4H3,(H6-,68,69,71,72,73,74,75,76,77,78,79,80,81,82,83,84,85)/p+1. The molecule has 35 heteroatoms. The van der Waals surface area contributed by atoms with Crippen LogP contribution in [0.4, 0.5) is 11.4 Å². The zero-order valence-corrected chi connectivity index (χ0v) is 58.8. The van der Waals surface area contributed by atoms with Crippen molar-refractivity contribution in [2.75, 3.05) is 117 Å². The molecule has 29 nitrogen and oxygen atoms in total. The fraction of sp³-hybridized carbons (Fsp3) is 0.460. The predicted octanol–water partition coefficient (Wildman–Crippen LogP) is 7.24. The van der Waals surface area contributed by atoms with Crippen molar-refractivity contribution in [1.29, 1.82) is 0 Å². The molecule has 7 N–H and O–H groups in total. The Morgan fingerprint density at radius 3 is 1.63 bits per heavy atom. The molecule has 1 aromatic heterocycles. The Kier molecular flexibility index (Phi) is 25.8. The second-order valence-corrected chi connectivity index (χ2v) is 31.1. The lowest BCUT2D eigenvalue weighted by Gasteiger charge is -2.31. The maximum atomic E-state index is 13.4. The van der Waals surface area contributed by atoms with Gasteiger partial charge in [-0.25, -0.2) is 4.79 Å². The molecule has 0 radical (unpaired) electrons. The molecule has 4 aromatic carbocycles. The van der Waals surface area contributed by atoms with Crippen LogP contribution < -0.4 is 9.74 Å². The maximum Gasteiger partial charge on any atom is 0.333 e. The van der Waals surface area contributed by atoms with Crippen LogP contribution in [0.25, 0.3) is 21.5 Å². The second kappa shape index (κ2) is 32.6. The summed E-state index contributed by atoms with van der Waals surface area (Å²) >= 11 is 7.50. The summed E-state index contributed by atoms with van der Waals surface area (Å²) in [5.41, 5.74) is 0.756. The maximum absolute atomic E-state index is 13.4. The molecule has 3 aliphatic rings. The van der Waals surface area contributed by atoms with Crippen LogP contribution in [-0.2, 0) is 99.4 Å². The first-order valence-electron chi connectivity index (χ1n) is 30.8. The number of hydrogen-bond donors (Lipinski definition) is 7. The molecule has 0 saturated carbocycles. The number of halogens is 1. The number of methoxy groups -OCH3 is 2. The smallest absolute Gasteiger partial charge is 0.333 e. The molecule has 2 atom stereocenters. The lowest BCUT2D eigenvalue weighted by molar-refractivity contribution is -0.442. The van der Waals surface area contributed by atoms with Crippen molar-refractivity contribution in [3.05, 3.63) is 118 Å². The zero-order chi connectivity index (χ0) is 71.6. The molecule has 0 fully saturated rings. The van der Waals surface area contributed by atoms with E-state index < -0.39 is 104 Å². The van der Waals surface area contributed by atoms with Crippen molar-refractivity contribution < 1.29 is 122 Å². The van der Waals surface area contributed by atoms with Crippen molar-refractivity contribution >= 4 is 107 Å². The van der Waals surface area contributed by atoms with Crippen molar-refractivity contribution in [3.63, 3.8) is 0 Å². The number of ether oxygens (including phenoxy) is 7. The fourth-order valence-corrected chi connectivity index (χ4v) is 16.0. The number of fused-ring (bicyclic) bond motifs is 6. The summed E-state index contributed by atoms with van der Waals surface area (Å²) < 4.78 is 222. The number of anilines is 1. The minimum Gasteiger partial charge on any atom is -0.492 e. The van der Waals surface area contributed by atoms with Gasteiger partial charge in [0.1, 0.15) is 16.4 Å². The number of benzene rings is 4. The SMILES string of the molecule is COCCOCCOCCOCCC1(C)C(=CC=C2CCCC(C=CC3=[N+](CCOCCOCCOC)c4ccc5c(S(=O)(=O)O)cc(S(=O)(=O)O)cc5c4C3(C)CCCS(=O)(=O)O)=C2Cl)N(CCCC(=O)On2c(O)ccc2O)c2ccc3c(S(=O)(=O)O)cc(S(=O)(=O)O)cc3c21. The minimum absolute atomic E-state index is 0.000228. The summed E-state index contributed by atoms with van der Waals surface area (Å²) in [6.07, 6.45) is 7.80. The number of allylic oxidation sites excluding steroid dienone is 8. The van der Waals surface area contributed by atoms with Crippen LogP contribution in [0.2, 0.25) is 0 Å². The van der Waals surface area contributed by atoms with Crippen molar-refractivity contribution in [2.45, 2.75) is 95.6 Å². The summed E-state index contributed by atoms with van der Waals surface area (Å²) in [6.45, 7) is 6.16. The topological polar surface area (TPSA) is 414 Å². The second-order valence-electron chi connectivity index (χ2n) is 23.6. The lowest BCUT2D eigenvalue weighted by Crippen LogP contribution is -2.33. The van der Waals surface area contributed by atoms with Gasteiger partial charge < -0.3 is 53.1 Å². The summed E-state index contributed by atoms with van der Waals surface area (Å²) in [7, 11) is -22.2. The third-order valence-electron chi connectivity index (χ3n) is 17.0. The molecule has 2 aliphatic heterocycles. The molecule has 538 valence electrons. The van der Waals surface area contributed by atoms with Gasteiger partial charge >= 0.3 is 5.97 Å². The van der Waals surface area contributed by atoms with E-state index in [1.54, 1.807) is 57.4 Å². The molecule has 1 aliphatic carbocycles. The molecule has 0 spiro atoms. The largest absolute Gasteiger partial charge is 0.492 e. The molecule has 0 bridgehead atoms. The highest BCUT2D eigenvalue weighted by molar-refractivity contribution is 7.87. The van der Waals surface area contributed by atoms with Crippen LogP contribution in [-0.4, -0.2) is 208 Å². The van der Waals surface area contributed by atoms with Gasteiger partial charge in [-0.3, -0.25) is 22.8 Å². The Labute approximate surface area is 573 Å². The van der Waals surface area contributed by atoms with Gasteiger partial charge in [0, 0.05) is 96.2 Å². The number of carbonyl (C=O) groups excluding carboxylic acids is 1. The Morgan fingerprint density at radius 1 is 0.582 bits per heavy atom. The number of aromatic nitrogens is 1. The molecule has 5 aromatic rings. The van der Waals surface area contributed by atoms with E-state index in [1.807, 2.05) is 9.48 Å². The number of aromatic hydroxyl groups is 2. The first-order valence-corrected chi connectivity index (χ1v) is 38.5. The minimum atomic E-state index is -5.18. The quantitative estimate of drug-likeness (QED) is 0.0117. The van der Waals surface area contributed by atoms with E-state index in [-0.39, 0.29) is 124 Å². The Hall–Kier alpha value is -6.26. The van der Waals surface area contributed by atoms with Crippen LogP contribution in [0.3, 0.4) is 0 Å². The molecule has 0 amide bonds. The van der Waals surface area contributed by atoms with Crippen LogP contribution in [0, 0.1) is 0 Å². The highest BCUT2D eigenvalue weighted by Gasteiger charge is 2.50. The van der Waals surface area contributed by atoms with Crippen molar-refractivity contribution in [2.24, 2.45) is 0 Å². The average Bonchev–Trinajstić information content (AvgIpc) is 1.51. The number of hydrogen-bond acceptors (Lipinski definition) is 22. The van der Waals surface area contributed by atoms with E-state index in [4.69, 9.17) is 49.6 Å². The van der Waals surface area contributed by atoms with Crippen molar-refractivity contribution in [3.8, 4) is 11.8 Å². The third-order valence-corrected chi connectivity index (χ3v) is 21.7. The van der Waals surface area contributed by atoms with E-state index >= 15 is 0 Å². The monoisotopic (exact) mass is 1490 g/mol. The van der Waals surface area contributed by atoms with Crippen LogP contribution in [0.1, 0.15) is 76.3 Å². The summed E-state index contributed by atoms with van der Waals surface area (Å²) in [5.74, 6) is -2.71. The normalized spacial score (nSPS) is 18.8. The summed E-state index contributed by atoms with van der Waals surface area (Å²) in [4.78, 5) is 17.0. The highest BCUT2D eigenvalue weighted by Crippen LogP contribution is 2.55. The van der Waals surface area contributed by atoms with E-state index in [0.717, 1.165) is 24.3 Å². The molecular weight excluding hydrogens is 1410 g/mol. The zero-order valence-electron chi connectivity index (χ0n) is 54.0. The van der Waals surface area contributed by atoms with Crippen LogP contribution >= 0.6 is 11.6 Å². The summed E-state index contributed by atoms with van der Waals surface area (Å²) in [6, 6.07) is 11.5. The average molecular weight is 1490 g/mol. The van der Waals surface area contributed by atoms with Crippen molar-refractivity contribution in [1.82, 2.24) is 4.73 Å². The van der Waals surface area contributed by atoms with Gasteiger partial charge in [-0.2, -0.15) is 46.7 Å². The molecule has 98 heavy (non-hydrogen) atoms. The molecular formula is C63H79ClN3O26S5+. The Bertz CT molecular complexity index is 4550. The van der Waals surface area contributed by atoms with Gasteiger partial charge in [0.15, 0.2) is 12.3 Å². The van der Waals surface area contributed by atoms with Crippen LogP contribution in [0.5, 0.6) is 11.8 Å². The number of carbonyl (C=O) groups is 1. The molecule has 8 rings (SSSR count). The van der Waals surface area contributed by atoms with Gasteiger partial charge in [0.2, 0.25) is 17.4 Å². The van der Waals surface area contributed by atoms with Gasteiger partial charge in [0.25, 0.3) is 50.6 Å². The van der Waals surface area contributed by atoms with E-state index in [1.165, 1.54) is 19.2 Å². The molecule has 3 heterocycles. The van der Waals surface area contributed by atoms with Crippen LogP contribution in [0.15, 0.2) is 126 Å². The Morgan fingerprint density at radius 2 is 1.10 bits per heavy atom. The first kappa shape index (κ1) is 77.5.